The number of hydrogen-bond donors (Lipinski definition) is 2. The van der Waals surface area contributed by atoms with Crippen molar-refractivity contribution in [3.63, 3.8) is 0 Å². The molecule has 0 unspecified atom stereocenters. The summed E-state index contributed by atoms with van der Waals surface area (Å²) in [5.74, 6) is -1.05. The number of carbonyl (C=O) groups excluding carboxylic acids is 1. The van der Waals surface area contributed by atoms with Crippen LogP contribution in [0.4, 0.5) is 5.69 Å². The third-order valence-electron chi connectivity index (χ3n) is 3.43. The Morgan fingerprint density at radius 1 is 1.35 bits per heavy atom. The Bertz CT molecular complexity index is 664. The second kappa shape index (κ2) is 4.80. The number of carbonyl (C=O) groups is 2. The fourth-order valence-corrected chi connectivity index (χ4v) is 2.41. The highest BCUT2D eigenvalue weighted by molar-refractivity contribution is 5.98. The van der Waals surface area contributed by atoms with Gasteiger partial charge >= 0.3 is 5.97 Å². The van der Waals surface area contributed by atoms with Gasteiger partial charge in [0.1, 0.15) is 0 Å². The van der Waals surface area contributed by atoms with Crippen LogP contribution in [0.15, 0.2) is 30.5 Å². The van der Waals surface area contributed by atoms with E-state index < -0.39 is 5.97 Å². The summed E-state index contributed by atoms with van der Waals surface area (Å²) in [6.07, 6.45) is 2.59. The van der Waals surface area contributed by atoms with Crippen LogP contribution in [0.2, 0.25) is 0 Å². The summed E-state index contributed by atoms with van der Waals surface area (Å²) < 4.78 is 0. The largest absolute Gasteiger partial charge is 0.478 e. The van der Waals surface area contributed by atoms with Crippen LogP contribution < -0.4 is 4.90 Å². The number of carboxylic acid groups (broad SMARTS) is 1. The van der Waals surface area contributed by atoms with Gasteiger partial charge in [-0.1, -0.05) is 6.07 Å². The van der Waals surface area contributed by atoms with Crippen LogP contribution in [-0.4, -0.2) is 33.7 Å². The molecule has 0 fully saturated rings. The first kappa shape index (κ1) is 12.4. The molecule has 6 heteroatoms. The van der Waals surface area contributed by atoms with Gasteiger partial charge in [0.05, 0.1) is 12.0 Å². The van der Waals surface area contributed by atoms with Crippen molar-refractivity contribution in [3.8, 4) is 0 Å². The molecule has 0 saturated carbocycles. The quantitative estimate of drug-likeness (QED) is 0.879. The lowest BCUT2D eigenvalue weighted by molar-refractivity contribution is -0.117. The van der Waals surface area contributed by atoms with Gasteiger partial charge in [-0.3, -0.25) is 9.89 Å². The molecular weight excluding hydrogens is 258 g/mol. The monoisotopic (exact) mass is 271 g/mol. The summed E-state index contributed by atoms with van der Waals surface area (Å²) in [4.78, 5) is 24.9. The molecule has 3 rings (SSSR count). The number of aromatic amines is 1. The van der Waals surface area contributed by atoms with Crippen molar-refractivity contribution in [2.45, 2.75) is 12.8 Å². The Kier molecular flexibility index (Phi) is 2.98. The number of amides is 1. The summed E-state index contributed by atoms with van der Waals surface area (Å²) in [5, 5.41) is 15.6. The summed E-state index contributed by atoms with van der Waals surface area (Å²) in [5.41, 5.74) is 2.66. The Morgan fingerprint density at radius 2 is 2.20 bits per heavy atom. The normalized spacial score (nSPS) is 13.3. The molecule has 1 aliphatic heterocycles. The maximum Gasteiger partial charge on any atom is 0.335 e. The van der Waals surface area contributed by atoms with Crippen LogP contribution in [0.1, 0.15) is 21.6 Å². The van der Waals surface area contributed by atoms with E-state index in [-0.39, 0.29) is 17.9 Å². The zero-order valence-corrected chi connectivity index (χ0v) is 10.7. The Labute approximate surface area is 115 Å². The average molecular weight is 271 g/mol. The van der Waals surface area contributed by atoms with Crippen molar-refractivity contribution >= 4 is 17.6 Å². The van der Waals surface area contributed by atoms with Crippen LogP contribution in [0.25, 0.3) is 0 Å². The molecule has 1 aromatic heterocycles. The molecule has 1 aliphatic rings. The van der Waals surface area contributed by atoms with Crippen molar-refractivity contribution in [2.75, 3.05) is 11.4 Å². The molecule has 1 amide bonds. The average Bonchev–Trinajstić information content (AvgIpc) is 3.06. The van der Waals surface area contributed by atoms with Gasteiger partial charge in [-0.15, -0.1) is 0 Å². The van der Waals surface area contributed by atoms with Gasteiger partial charge in [0.15, 0.2) is 0 Å². The van der Waals surface area contributed by atoms with E-state index >= 15 is 0 Å². The maximum atomic E-state index is 12.3. The van der Waals surface area contributed by atoms with Gasteiger partial charge in [-0.25, -0.2) is 4.79 Å². The Balaban J connectivity index is 1.86. The second-order valence-corrected chi connectivity index (χ2v) is 4.70. The standard InChI is InChI=1S/C14H13N3O3/c18-13(8-11-3-5-15-16-11)17-6-4-9-1-2-10(14(19)20)7-12(9)17/h1-3,5,7H,4,6,8H2,(H,15,16)(H,19,20). The summed E-state index contributed by atoms with van der Waals surface area (Å²) >= 11 is 0. The van der Waals surface area contributed by atoms with Crippen LogP contribution >= 0.6 is 0 Å². The molecule has 0 radical (unpaired) electrons. The highest BCUT2D eigenvalue weighted by atomic mass is 16.4. The van der Waals surface area contributed by atoms with Gasteiger partial charge in [0.2, 0.25) is 5.91 Å². The number of nitrogens with one attached hydrogen (secondary N) is 1. The number of anilines is 1. The fraction of sp³-hybridized carbons (Fsp3) is 0.214. The first-order valence-corrected chi connectivity index (χ1v) is 6.30. The van der Waals surface area contributed by atoms with Gasteiger partial charge in [-0.05, 0) is 30.2 Å². The van der Waals surface area contributed by atoms with E-state index in [2.05, 4.69) is 10.2 Å². The molecule has 2 heterocycles. The smallest absolute Gasteiger partial charge is 0.335 e. The maximum absolute atomic E-state index is 12.3. The zero-order valence-electron chi connectivity index (χ0n) is 10.7. The van der Waals surface area contributed by atoms with E-state index in [1.54, 1.807) is 35.4 Å². The molecule has 2 aromatic rings. The minimum atomic E-state index is -0.985. The summed E-state index contributed by atoms with van der Waals surface area (Å²) in [6.45, 7) is 0.589. The van der Waals surface area contributed by atoms with Gasteiger partial charge < -0.3 is 10.0 Å². The van der Waals surface area contributed by atoms with Crippen molar-refractivity contribution < 1.29 is 14.7 Å². The van der Waals surface area contributed by atoms with Crippen molar-refractivity contribution in [3.05, 3.63) is 47.3 Å². The molecule has 0 aliphatic carbocycles. The Morgan fingerprint density at radius 3 is 2.90 bits per heavy atom. The number of aromatic nitrogens is 2. The third-order valence-corrected chi connectivity index (χ3v) is 3.43. The lowest BCUT2D eigenvalue weighted by Gasteiger charge is -2.17. The minimum Gasteiger partial charge on any atom is -0.478 e. The first-order chi connectivity index (χ1) is 9.65. The summed E-state index contributed by atoms with van der Waals surface area (Å²) in [6, 6.07) is 6.67. The molecule has 102 valence electrons. The van der Waals surface area contributed by atoms with Gasteiger partial charge in [0, 0.05) is 24.1 Å². The second-order valence-electron chi connectivity index (χ2n) is 4.70. The number of carboxylic acids is 1. The molecule has 0 spiro atoms. The van der Waals surface area contributed by atoms with Gasteiger partial charge in [0.25, 0.3) is 0 Å². The number of aromatic carboxylic acids is 1. The predicted octanol–water partition coefficient (Wildman–Crippen LogP) is 1.24. The van der Waals surface area contributed by atoms with E-state index in [0.29, 0.717) is 12.2 Å². The van der Waals surface area contributed by atoms with Crippen molar-refractivity contribution in [1.29, 1.82) is 0 Å². The number of nitrogens with zero attached hydrogens (tertiary/aromatic N) is 2. The lowest BCUT2D eigenvalue weighted by atomic mass is 10.1. The van der Waals surface area contributed by atoms with E-state index in [1.165, 1.54) is 0 Å². The molecule has 0 atom stereocenters. The highest BCUT2D eigenvalue weighted by Gasteiger charge is 2.25. The number of fused-ring (bicyclic) bond motifs is 1. The van der Waals surface area contributed by atoms with Crippen LogP contribution in [0.3, 0.4) is 0 Å². The number of benzene rings is 1. The van der Waals surface area contributed by atoms with E-state index in [1.807, 2.05) is 0 Å². The van der Waals surface area contributed by atoms with E-state index in [9.17, 15) is 9.59 Å². The molecular formula is C14H13N3O3. The molecule has 0 bridgehead atoms. The SMILES string of the molecule is O=C(O)c1ccc2c(c1)N(C(=O)Cc1ccn[nH]1)CC2. The predicted molar refractivity (Wildman–Crippen MR) is 71.8 cm³/mol. The number of hydrogen-bond acceptors (Lipinski definition) is 3. The molecule has 20 heavy (non-hydrogen) atoms. The van der Waals surface area contributed by atoms with Gasteiger partial charge in [-0.2, -0.15) is 5.10 Å². The molecule has 0 saturated heterocycles. The fourth-order valence-electron chi connectivity index (χ4n) is 2.41. The topological polar surface area (TPSA) is 86.3 Å². The molecule has 6 nitrogen and oxygen atoms in total. The van der Waals surface area contributed by atoms with E-state index in [4.69, 9.17) is 5.11 Å². The lowest BCUT2D eigenvalue weighted by Crippen LogP contribution is -2.30. The number of H-pyrrole nitrogens is 1. The number of rotatable bonds is 3. The van der Waals surface area contributed by atoms with Crippen LogP contribution in [0, 0.1) is 0 Å². The van der Waals surface area contributed by atoms with Crippen LogP contribution in [0.5, 0.6) is 0 Å². The zero-order chi connectivity index (χ0) is 14.1. The molecule has 2 N–H and O–H groups in total. The van der Waals surface area contributed by atoms with Crippen LogP contribution in [-0.2, 0) is 17.6 Å². The third kappa shape index (κ3) is 2.16. The van der Waals surface area contributed by atoms with Crippen molar-refractivity contribution in [2.24, 2.45) is 0 Å². The van der Waals surface area contributed by atoms with E-state index in [0.717, 1.165) is 17.7 Å². The first-order valence-electron chi connectivity index (χ1n) is 6.30. The highest BCUT2D eigenvalue weighted by Crippen LogP contribution is 2.29. The molecule has 1 aromatic carbocycles. The van der Waals surface area contributed by atoms with Crippen molar-refractivity contribution in [1.82, 2.24) is 10.2 Å². The minimum absolute atomic E-state index is 0.0597. The Hall–Kier alpha value is -2.63. The summed E-state index contributed by atoms with van der Waals surface area (Å²) in [7, 11) is 0.